The Morgan fingerprint density at radius 1 is 1.05 bits per heavy atom. The lowest BCUT2D eigenvalue weighted by atomic mass is 10.0. The summed E-state index contributed by atoms with van der Waals surface area (Å²) in [5.41, 5.74) is 3.75. The van der Waals surface area contributed by atoms with E-state index in [0.29, 0.717) is 40.0 Å². The van der Waals surface area contributed by atoms with Crippen molar-refractivity contribution >= 4 is 23.3 Å². The average molecular weight is 526 g/mol. The quantitative estimate of drug-likeness (QED) is 0.383. The minimum Gasteiger partial charge on any atom is -0.310 e. The zero-order chi connectivity index (χ0) is 25.3. The molecule has 1 N–H and O–H groups in total. The van der Waals surface area contributed by atoms with Crippen molar-refractivity contribution < 1.29 is 8.78 Å². The maximum atomic E-state index is 15.4. The fraction of sp³-hybridized carbons (Fsp3) is 0.269. The monoisotopic (exact) mass is 525 g/mol. The first kappa shape index (κ1) is 24.9. The molecule has 5 aromatic rings. The molecule has 0 aliphatic carbocycles. The van der Waals surface area contributed by atoms with Crippen molar-refractivity contribution in [3.05, 3.63) is 87.4 Å². The molecule has 0 saturated heterocycles. The molecule has 0 spiro atoms. The van der Waals surface area contributed by atoms with Crippen LogP contribution in [0, 0.1) is 25.5 Å². The van der Waals surface area contributed by atoms with Crippen LogP contribution in [0.1, 0.15) is 35.3 Å². The van der Waals surface area contributed by atoms with Gasteiger partial charge in [0.15, 0.2) is 5.82 Å². The second-order valence-corrected chi connectivity index (χ2v) is 9.34. The van der Waals surface area contributed by atoms with Gasteiger partial charge in [-0.1, -0.05) is 0 Å². The van der Waals surface area contributed by atoms with Crippen molar-refractivity contribution in [2.24, 2.45) is 7.05 Å². The molecule has 0 saturated carbocycles. The first-order valence-electron chi connectivity index (χ1n) is 11.8. The van der Waals surface area contributed by atoms with E-state index in [2.05, 4.69) is 10.4 Å². The zero-order valence-corrected chi connectivity index (χ0v) is 21.6. The van der Waals surface area contributed by atoms with Crippen molar-refractivity contribution in [3.63, 3.8) is 0 Å². The van der Waals surface area contributed by atoms with E-state index in [1.54, 1.807) is 66.9 Å². The molecule has 4 heterocycles. The molecule has 11 heteroatoms. The number of benzene rings is 2. The Kier molecular flexibility index (Phi) is 6.04. The number of hydrogen-bond donors (Lipinski definition) is 1. The molecule has 192 valence electrons. The molecule has 2 aromatic carbocycles. The standard InChI is InChI=1S/C26H25F2N7O.ClH/c1-14-11-17(12-15(2)23(14)27)35-25(22-16(3)29-8-7-19(22)31-35)34-10-9-33(26(34)36)21-6-5-20-18(24(21)28)13-30-32(20)4;/h5-6,9-13,16,29H,7-8H2,1-4H3;1H. The number of nitrogens with zero attached hydrogens (tertiary/aromatic N) is 6. The van der Waals surface area contributed by atoms with E-state index >= 15 is 4.39 Å². The van der Waals surface area contributed by atoms with Gasteiger partial charge >= 0.3 is 5.69 Å². The fourth-order valence-corrected chi connectivity index (χ4v) is 5.15. The van der Waals surface area contributed by atoms with E-state index in [1.165, 1.54) is 15.3 Å². The molecule has 1 aliphatic rings. The van der Waals surface area contributed by atoms with Crippen molar-refractivity contribution in [2.45, 2.75) is 33.2 Å². The molecule has 1 aliphatic heterocycles. The number of hydrogen-bond acceptors (Lipinski definition) is 4. The minimum absolute atomic E-state index is 0. The average Bonchev–Trinajstić information content (AvgIpc) is 3.53. The molecule has 0 amide bonds. The van der Waals surface area contributed by atoms with Gasteiger partial charge in [0, 0.05) is 44.0 Å². The molecule has 1 unspecified atom stereocenters. The van der Waals surface area contributed by atoms with E-state index < -0.39 is 11.5 Å². The van der Waals surface area contributed by atoms with E-state index in [-0.39, 0.29) is 30.0 Å². The SMILES string of the molecule is Cc1cc(-n2nc3c(c2-n2ccn(-c4ccc5c(cnn5C)c4F)c2=O)C(C)NCC3)cc(C)c1F.Cl. The molecule has 1 atom stereocenters. The van der Waals surface area contributed by atoms with Gasteiger partial charge in [0.25, 0.3) is 0 Å². The van der Waals surface area contributed by atoms with Crippen molar-refractivity contribution in [1.82, 2.24) is 34.0 Å². The summed E-state index contributed by atoms with van der Waals surface area (Å²) in [5, 5.41) is 12.7. The summed E-state index contributed by atoms with van der Waals surface area (Å²) in [6.07, 6.45) is 5.32. The highest BCUT2D eigenvalue weighted by Crippen LogP contribution is 2.32. The molecule has 0 radical (unpaired) electrons. The van der Waals surface area contributed by atoms with Crippen LogP contribution in [0.4, 0.5) is 8.78 Å². The van der Waals surface area contributed by atoms with Crippen molar-refractivity contribution in [1.29, 1.82) is 0 Å². The van der Waals surface area contributed by atoms with Crippen LogP contribution >= 0.6 is 12.4 Å². The second kappa shape index (κ2) is 8.97. The third kappa shape index (κ3) is 3.70. The summed E-state index contributed by atoms with van der Waals surface area (Å²) >= 11 is 0. The Morgan fingerprint density at radius 3 is 2.49 bits per heavy atom. The number of aryl methyl sites for hydroxylation is 3. The van der Waals surface area contributed by atoms with Gasteiger partial charge in [-0.05, 0) is 56.2 Å². The van der Waals surface area contributed by atoms with Gasteiger partial charge in [-0.3, -0.25) is 13.8 Å². The van der Waals surface area contributed by atoms with Crippen LogP contribution in [0.25, 0.3) is 28.1 Å². The number of fused-ring (bicyclic) bond motifs is 2. The topological polar surface area (TPSA) is 74.6 Å². The number of imidazole rings is 1. The normalized spacial score (nSPS) is 15.1. The van der Waals surface area contributed by atoms with Crippen LogP contribution in [0.2, 0.25) is 0 Å². The minimum atomic E-state index is -0.518. The third-order valence-corrected chi connectivity index (χ3v) is 6.99. The van der Waals surface area contributed by atoms with Crippen LogP contribution in [0.5, 0.6) is 0 Å². The number of aromatic nitrogens is 6. The molecule has 0 bridgehead atoms. The van der Waals surface area contributed by atoms with Gasteiger partial charge in [0.2, 0.25) is 0 Å². The summed E-state index contributed by atoms with van der Waals surface area (Å²) in [5.74, 6) is -0.227. The van der Waals surface area contributed by atoms with Gasteiger partial charge < -0.3 is 5.32 Å². The van der Waals surface area contributed by atoms with E-state index in [1.807, 2.05) is 6.92 Å². The van der Waals surface area contributed by atoms with Crippen LogP contribution in [0.3, 0.4) is 0 Å². The molecular formula is C26H26ClF2N7O. The molecular weight excluding hydrogens is 500 g/mol. The highest BCUT2D eigenvalue weighted by atomic mass is 35.5. The summed E-state index contributed by atoms with van der Waals surface area (Å²) < 4.78 is 35.9. The largest absolute Gasteiger partial charge is 0.338 e. The number of halogens is 3. The zero-order valence-electron chi connectivity index (χ0n) is 20.8. The predicted molar refractivity (Wildman–Crippen MR) is 140 cm³/mol. The molecule has 8 nitrogen and oxygen atoms in total. The Bertz CT molecular complexity index is 1710. The third-order valence-electron chi connectivity index (χ3n) is 6.99. The molecule has 0 fully saturated rings. The Morgan fingerprint density at radius 2 is 1.76 bits per heavy atom. The maximum absolute atomic E-state index is 15.4. The number of rotatable bonds is 3. The highest BCUT2D eigenvalue weighted by molar-refractivity contribution is 5.85. The first-order chi connectivity index (χ1) is 17.3. The van der Waals surface area contributed by atoms with Crippen LogP contribution in [0.15, 0.2) is 47.7 Å². The lowest BCUT2D eigenvalue weighted by Gasteiger charge is -2.21. The maximum Gasteiger partial charge on any atom is 0.338 e. The smallest absolute Gasteiger partial charge is 0.310 e. The van der Waals surface area contributed by atoms with E-state index in [9.17, 15) is 9.18 Å². The Labute approximate surface area is 217 Å². The van der Waals surface area contributed by atoms with E-state index in [4.69, 9.17) is 5.10 Å². The summed E-state index contributed by atoms with van der Waals surface area (Å²) in [4.78, 5) is 13.7. The lowest BCUT2D eigenvalue weighted by Crippen LogP contribution is -2.30. The van der Waals surface area contributed by atoms with Crippen molar-refractivity contribution in [2.75, 3.05) is 6.54 Å². The first-order valence-corrected chi connectivity index (χ1v) is 11.8. The Balaban J connectivity index is 0.00000280. The fourth-order valence-electron chi connectivity index (χ4n) is 5.15. The lowest BCUT2D eigenvalue weighted by molar-refractivity contribution is 0.536. The molecule has 3 aromatic heterocycles. The summed E-state index contributed by atoms with van der Waals surface area (Å²) in [6, 6.07) is 6.71. The summed E-state index contributed by atoms with van der Waals surface area (Å²) in [7, 11) is 1.74. The molecule has 6 rings (SSSR count). The second-order valence-electron chi connectivity index (χ2n) is 9.34. The number of nitrogens with one attached hydrogen (secondary N) is 1. The van der Waals surface area contributed by atoms with Crippen LogP contribution < -0.4 is 11.0 Å². The Hall–Kier alpha value is -3.76. The van der Waals surface area contributed by atoms with Gasteiger partial charge in [0.05, 0.1) is 34.2 Å². The van der Waals surface area contributed by atoms with E-state index in [0.717, 1.165) is 17.8 Å². The van der Waals surface area contributed by atoms with Gasteiger partial charge in [-0.2, -0.15) is 10.2 Å². The van der Waals surface area contributed by atoms with Gasteiger partial charge in [-0.15, -0.1) is 12.4 Å². The van der Waals surface area contributed by atoms with Gasteiger partial charge in [-0.25, -0.2) is 18.3 Å². The molecule has 37 heavy (non-hydrogen) atoms. The summed E-state index contributed by atoms with van der Waals surface area (Å²) in [6.45, 7) is 6.20. The van der Waals surface area contributed by atoms with Crippen LogP contribution in [-0.4, -0.2) is 35.2 Å². The van der Waals surface area contributed by atoms with Gasteiger partial charge in [0.1, 0.15) is 11.6 Å². The highest BCUT2D eigenvalue weighted by Gasteiger charge is 2.29. The van der Waals surface area contributed by atoms with Crippen molar-refractivity contribution in [3.8, 4) is 17.2 Å². The predicted octanol–water partition coefficient (Wildman–Crippen LogP) is 4.22. The van der Waals surface area contributed by atoms with Crippen LogP contribution in [-0.2, 0) is 13.5 Å².